The van der Waals surface area contributed by atoms with Crippen molar-refractivity contribution >= 4 is 52.4 Å². The van der Waals surface area contributed by atoms with E-state index >= 15 is 0 Å². The van der Waals surface area contributed by atoms with Crippen molar-refractivity contribution in [3.63, 3.8) is 0 Å². The van der Waals surface area contributed by atoms with Crippen molar-refractivity contribution in [3.05, 3.63) is 17.7 Å². The van der Waals surface area contributed by atoms with Crippen LogP contribution in [0.4, 0.5) is 0 Å². The van der Waals surface area contributed by atoms with E-state index < -0.39 is 27.4 Å². The van der Waals surface area contributed by atoms with Gasteiger partial charge in [0, 0.05) is 0 Å². The van der Waals surface area contributed by atoms with E-state index in [1.165, 1.54) is 12.2 Å². The molecular formula is C10H12Cl3N3O3. The Kier molecular flexibility index (Phi) is 7.71. The Balaban J connectivity index is 5.16. The number of allylic oxidation sites excluding steroid dienone is 1. The smallest absolute Gasteiger partial charge is 0.419 e. The van der Waals surface area contributed by atoms with E-state index in [1.807, 2.05) is 0 Å². The average molecular weight is 329 g/mol. The molecule has 0 aromatic rings. The Hall–Kier alpha value is -1.07. The molecule has 0 spiro atoms. The predicted octanol–water partition coefficient (Wildman–Crippen LogP) is 1.65. The van der Waals surface area contributed by atoms with Gasteiger partial charge in [-0.2, -0.15) is 4.79 Å². The maximum absolute atomic E-state index is 11.5. The minimum absolute atomic E-state index is 0.0822. The second-order valence-corrected chi connectivity index (χ2v) is 5.46. The third kappa shape index (κ3) is 6.07. The molecule has 0 bridgehead atoms. The topological polar surface area (TPSA) is 91.8 Å². The van der Waals surface area contributed by atoms with Crippen LogP contribution in [0.1, 0.15) is 13.8 Å². The van der Waals surface area contributed by atoms with Crippen LogP contribution >= 0.6 is 34.8 Å². The molecule has 9 heteroatoms. The fraction of sp³-hybridized carbons (Fsp3) is 0.500. The first-order chi connectivity index (χ1) is 8.77. The summed E-state index contributed by atoms with van der Waals surface area (Å²) in [6, 6.07) is -1.07. The molecule has 0 aliphatic heterocycles. The van der Waals surface area contributed by atoms with Gasteiger partial charge in [0.2, 0.25) is 0 Å². The SMILES string of the molecule is C/C=C/C(NC(=O)C(Cl)(Cl)Cl)C(=[N+]=[N-])C(=O)OCC. The summed E-state index contributed by atoms with van der Waals surface area (Å²) in [5.74, 6) is -1.86. The average Bonchev–Trinajstić information content (AvgIpc) is 2.29. The third-order valence-electron chi connectivity index (χ3n) is 1.82. The van der Waals surface area contributed by atoms with E-state index in [-0.39, 0.29) is 6.61 Å². The number of carbonyl (C=O) groups is 2. The van der Waals surface area contributed by atoms with Crippen LogP contribution < -0.4 is 5.32 Å². The first-order valence-electron chi connectivity index (χ1n) is 5.17. The number of ether oxygens (including phenoxy) is 1. The van der Waals surface area contributed by atoms with Gasteiger partial charge in [0.25, 0.3) is 9.70 Å². The zero-order valence-corrected chi connectivity index (χ0v) is 12.5. The van der Waals surface area contributed by atoms with Gasteiger partial charge in [-0.3, -0.25) is 4.79 Å². The number of nitrogens with zero attached hydrogens (tertiary/aromatic N) is 2. The van der Waals surface area contributed by atoms with Crippen LogP contribution in [0.2, 0.25) is 0 Å². The molecule has 0 saturated heterocycles. The summed E-state index contributed by atoms with van der Waals surface area (Å²) in [4.78, 5) is 25.9. The molecule has 0 rings (SSSR count). The first kappa shape index (κ1) is 17.9. The summed E-state index contributed by atoms with van der Waals surface area (Å²) in [7, 11) is 0. The van der Waals surface area contributed by atoms with E-state index in [1.54, 1.807) is 13.8 Å². The van der Waals surface area contributed by atoms with Gasteiger partial charge in [0.1, 0.15) is 0 Å². The first-order valence-corrected chi connectivity index (χ1v) is 6.30. The molecule has 1 unspecified atom stereocenters. The summed E-state index contributed by atoms with van der Waals surface area (Å²) in [5, 5.41) is 2.24. The van der Waals surface area contributed by atoms with Crippen LogP contribution in [-0.4, -0.2) is 38.8 Å². The summed E-state index contributed by atoms with van der Waals surface area (Å²) in [6.07, 6.45) is 2.90. The lowest BCUT2D eigenvalue weighted by atomic mass is 10.1. The Bertz CT molecular complexity index is 425. The van der Waals surface area contributed by atoms with E-state index in [2.05, 4.69) is 14.8 Å². The summed E-state index contributed by atoms with van der Waals surface area (Å²) in [5.41, 5.74) is 8.41. The molecule has 0 radical (unpaired) electrons. The third-order valence-corrected chi connectivity index (χ3v) is 2.33. The van der Waals surface area contributed by atoms with Gasteiger partial charge >= 0.3 is 11.7 Å². The van der Waals surface area contributed by atoms with Gasteiger partial charge in [-0.05, 0) is 13.8 Å². The van der Waals surface area contributed by atoms with Crippen LogP contribution in [0.3, 0.4) is 0 Å². The molecule has 106 valence electrons. The van der Waals surface area contributed by atoms with Gasteiger partial charge in [-0.1, -0.05) is 47.0 Å². The second-order valence-electron chi connectivity index (χ2n) is 3.18. The summed E-state index contributed by atoms with van der Waals surface area (Å²) >= 11 is 16.2. The maximum atomic E-state index is 11.5. The molecule has 1 N–H and O–H groups in total. The summed E-state index contributed by atoms with van der Waals surface area (Å²) in [6.45, 7) is 3.30. The highest BCUT2D eigenvalue weighted by molar-refractivity contribution is 6.76. The molecule has 19 heavy (non-hydrogen) atoms. The van der Waals surface area contributed by atoms with Crippen molar-refractivity contribution < 1.29 is 19.1 Å². The molecule has 0 aliphatic rings. The van der Waals surface area contributed by atoms with Crippen LogP contribution in [0.15, 0.2) is 12.2 Å². The van der Waals surface area contributed by atoms with E-state index in [4.69, 9.17) is 40.3 Å². The normalized spacial score (nSPS) is 12.7. The number of carbonyl (C=O) groups excluding carboxylic acids is 2. The lowest BCUT2D eigenvalue weighted by Gasteiger charge is -2.14. The predicted molar refractivity (Wildman–Crippen MR) is 72.3 cm³/mol. The van der Waals surface area contributed by atoms with Crippen LogP contribution in [0.5, 0.6) is 0 Å². The van der Waals surface area contributed by atoms with Crippen molar-refractivity contribution in [2.24, 2.45) is 0 Å². The second kappa shape index (κ2) is 8.17. The maximum Gasteiger partial charge on any atom is 0.419 e. The number of alkyl halides is 3. The molecular weight excluding hydrogens is 316 g/mol. The fourth-order valence-corrected chi connectivity index (χ4v) is 1.22. The van der Waals surface area contributed by atoms with Crippen LogP contribution in [0.25, 0.3) is 5.53 Å². The molecule has 0 saturated carbocycles. The molecule has 0 fully saturated rings. The van der Waals surface area contributed by atoms with Crippen LogP contribution in [-0.2, 0) is 14.3 Å². The Morgan fingerprint density at radius 2 is 2.05 bits per heavy atom. The number of halogens is 3. The number of esters is 1. The van der Waals surface area contributed by atoms with Gasteiger partial charge < -0.3 is 15.6 Å². The number of nitrogens with one attached hydrogen (secondary N) is 1. The highest BCUT2D eigenvalue weighted by Crippen LogP contribution is 2.26. The monoisotopic (exact) mass is 327 g/mol. The number of hydrogen-bond acceptors (Lipinski definition) is 3. The zero-order valence-electron chi connectivity index (χ0n) is 10.2. The highest BCUT2D eigenvalue weighted by atomic mass is 35.6. The van der Waals surface area contributed by atoms with Crippen molar-refractivity contribution in [3.8, 4) is 0 Å². The van der Waals surface area contributed by atoms with Crippen molar-refractivity contribution in [1.29, 1.82) is 0 Å². The number of hydrogen-bond donors (Lipinski definition) is 1. The largest absolute Gasteiger partial charge is 0.457 e. The Labute approximate surface area is 125 Å². The van der Waals surface area contributed by atoms with E-state index in [0.717, 1.165) is 0 Å². The highest BCUT2D eigenvalue weighted by Gasteiger charge is 2.37. The molecule has 0 aromatic carbocycles. The molecule has 1 atom stereocenters. The van der Waals surface area contributed by atoms with Crippen molar-refractivity contribution in [2.75, 3.05) is 6.61 Å². The molecule has 1 amide bonds. The summed E-state index contributed by atoms with van der Waals surface area (Å²) < 4.78 is 2.48. The quantitative estimate of drug-likeness (QED) is 0.208. The fourth-order valence-electron chi connectivity index (χ4n) is 1.06. The minimum atomic E-state index is -2.20. The van der Waals surface area contributed by atoms with Crippen molar-refractivity contribution in [1.82, 2.24) is 5.32 Å². The standard InChI is InChI=1S/C10H12Cl3N3O3/c1-3-5-6(15-9(18)10(11,12)13)7(16-14)8(17)19-4-2/h3,5-6H,4H2,1-2H3,(H,15,18)/b5-3+. The Morgan fingerprint density at radius 1 is 1.47 bits per heavy atom. The molecule has 0 aliphatic carbocycles. The number of amides is 1. The van der Waals surface area contributed by atoms with E-state index in [9.17, 15) is 9.59 Å². The number of rotatable bonds is 5. The lowest BCUT2D eigenvalue weighted by molar-refractivity contribution is -0.140. The lowest BCUT2D eigenvalue weighted by Crippen LogP contribution is -2.47. The molecule has 6 nitrogen and oxygen atoms in total. The minimum Gasteiger partial charge on any atom is -0.457 e. The van der Waals surface area contributed by atoms with Crippen molar-refractivity contribution in [2.45, 2.75) is 23.7 Å². The van der Waals surface area contributed by atoms with Crippen LogP contribution in [0, 0.1) is 0 Å². The Morgan fingerprint density at radius 3 is 2.42 bits per heavy atom. The zero-order chi connectivity index (χ0) is 15.1. The molecule has 0 heterocycles. The van der Waals surface area contributed by atoms with Gasteiger partial charge in [0.05, 0.1) is 6.61 Å². The molecule has 0 aromatic heterocycles. The van der Waals surface area contributed by atoms with Gasteiger partial charge in [-0.15, -0.1) is 0 Å². The van der Waals surface area contributed by atoms with Gasteiger partial charge in [-0.25, -0.2) is 4.79 Å². The van der Waals surface area contributed by atoms with Gasteiger partial charge in [0.15, 0.2) is 6.04 Å². The van der Waals surface area contributed by atoms with E-state index in [0.29, 0.717) is 0 Å².